The lowest BCUT2D eigenvalue weighted by atomic mass is 9.87. The smallest absolute Gasteiger partial charge is 0.236 e. The van der Waals surface area contributed by atoms with Crippen LogP contribution in [0.5, 0.6) is 0 Å². The van der Waals surface area contributed by atoms with Gasteiger partial charge in [0.15, 0.2) is 16.8 Å². The lowest BCUT2D eigenvalue weighted by Gasteiger charge is -2.19. The fourth-order valence-corrected chi connectivity index (χ4v) is 3.85. The molecule has 6 nitrogen and oxygen atoms in total. The number of amides is 1. The second kappa shape index (κ2) is 8.96. The Labute approximate surface area is 190 Å². The molecule has 2 heterocycles. The Hall–Kier alpha value is -2.09. The summed E-state index contributed by atoms with van der Waals surface area (Å²) in [4.78, 5) is 16.4. The summed E-state index contributed by atoms with van der Waals surface area (Å²) in [5, 5.41) is 12.6. The van der Waals surface area contributed by atoms with Crippen molar-refractivity contribution in [3.8, 4) is 11.4 Å². The largest absolute Gasteiger partial charge is 0.309 e. The van der Waals surface area contributed by atoms with E-state index in [1.807, 2.05) is 23.7 Å². The van der Waals surface area contributed by atoms with Crippen molar-refractivity contribution in [3.05, 3.63) is 51.6 Å². The van der Waals surface area contributed by atoms with Crippen molar-refractivity contribution in [2.45, 2.75) is 38.3 Å². The average molecular weight is 464 g/mol. The summed E-state index contributed by atoms with van der Waals surface area (Å²) in [6.07, 6.45) is 1.46. The quantitative estimate of drug-likeness (QED) is 0.504. The third-order valence-electron chi connectivity index (χ3n) is 4.64. The van der Waals surface area contributed by atoms with Crippen molar-refractivity contribution in [3.63, 3.8) is 0 Å². The molecule has 2 aromatic heterocycles. The Kier molecular flexibility index (Phi) is 6.75. The number of hydrogen-bond donors (Lipinski definition) is 1. The third kappa shape index (κ3) is 4.96. The highest BCUT2D eigenvalue weighted by molar-refractivity contribution is 7.99. The standard InChI is InChI=1S/C21H23Cl2N5OS/c1-12-15(22)10-24-18(17(12)23)25-16(29)11-30-20-27-26-19(28(20)5)13-6-8-14(9-7-13)21(2,3)4/h6-10H,11H2,1-5H3,(H,24,25,29). The predicted octanol–water partition coefficient (Wildman–Crippen LogP) is 5.52. The van der Waals surface area contributed by atoms with Crippen LogP contribution in [0, 0.1) is 6.92 Å². The summed E-state index contributed by atoms with van der Waals surface area (Å²) < 4.78 is 1.88. The molecule has 158 valence electrons. The van der Waals surface area contributed by atoms with E-state index in [0.29, 0.717) is 26.6 Å². The van der Waals surface area contributed by atoms with Crippen LogP contribution in [-0.2, 0) is 17.3 Å². The molecule has 3 rings (SSSR count). The van der Waals surface area contributed by atoms with E-state index in [0.717, 1.165) is 11.4 Å². The van der Waals surface area contributed by atoms with Crippen molar-refractivity contribution in [2.24, 2.45) is 7.05 Å². The van der Waals surface area contributed by atoms with E-state index in [1.54, 1.807) is 6.92 Å². The lowest BCUT2D eigenvalue weighted by Crippen LogP contribution is -2.16. The molecular formula is C21H23Cl2N5OS. The van der Waals surface area contributed by atoms with Crippen molar-refractivity contribution in [1.29, 1.82) is 0 Å². The number of hydrogen-bond acceptors (Lipinski definition) is 5. The van der Waals surface area contributed by atoms with Gasteiger partial charge in [-0.25, -0.2) is 4.98 Å². The van der Waals surface area contributed by atoms with Gasteiger partial charge in [0, 0.05) is 18.8 Å². The SMILES string of the molecule is Cc1c(Cl)cnc(NC(=O)CSc2nnc(-c3ccc(C(C)(C)C)cc3)n2C)c1Cl. The molecule has 3 aromatic rings. The Balaban J connectivity index is 1.67. The molecule has 0 aliphatic rings. The highest BCUT2D eigenvalue weighted by atomic mass is 35.5. The molecule has 0 aliphatic carbocycles. The lowest BCUT2D eigenvalue weighted by molar-refractivity contribution is -0.113. The predicted molar refractivity (Wildman–Crippen MR) is 123 cm³/mol. The molecule has 1 amide bonds. The maximum Gasteiger partial charge on any atom is 0.236 e. The van der Waals surface area contributed by atoms with E-state index in [1.165, 1.54) is 23.5 Å². The van der Waals surface area contributed by atoms with Crippen LogP contribution in [-0.4, -0.2) is 31.4 Å². The molecule has 0 radical (unpaired) electrons. The minimum absolute atomic E-state index is 0.0904. The van der Waals surface area contributed by atoms with Gasteiger partial charge < -0.3 is 9.88 Å². The molecule has 0 fully saturated rings. The molecule has 0 saturated carbocycles. The average Bonchev–Trinajstić information content (AvgIpc) is 3.07. The van der Waals surface area contributed by atoms with Gasteiger partial charge in [-0.05, 0) is 23.5 Å². The van der Waals surface area contributed by atoms with Gasteiger partial charge in [0.25, 0.3) is 0 Å². The van der Waals surface area contributed by atoms with Crippen molar-refractivity contribution in [1.82, 2.24) is 19.7 Å². The van der Waals surface area contributed by atoms with E-state index in [9.17, 15) is 4.79 Å². The van der Waals surface area contributed by atoms with Crippen LogP contribution < -0.4 is 5.32 Å². The van der Waals surface area contributed by atoms with E-state index in [-0.39, 0.29) is 17.1 Å². The molecular weight excluding hydrogens is 441 g/mol. The minimum atomic E-state index is -0.241. The highest BCUT2D eigenvalue weighted by Crippen LogP contribution is 2.29. The summed E-state index contributed by atoms with van der Waals surface area (Å²) in [5.74, 6) is 0.947. The Morgan fingerprint density at radius 1 is 1.17 bits per heavy atom. The third-order valence-corrected chi connectivity index (χ3v) is 6.50. The second-order valence-corrected chi connectivity index (χ2v) is 9.65. The van der Waals surface area contributed by atoms with E-state index in [2.05, 4.69) is 53.4 Å². The number of nitrogens with one attached hydrogen (secondary N) is 1. The number of pyridine rings is 1. The van der Waals surface area contributed by atoms with Crippen molar-refractivity contribution in [2.75, 3.05) is 11.1 Å². The maximum atomic E-state index is 12.3. The summed E-state index contributed by atoms with van der Waals surface area (Å²) in [6, 6.07) is 8.30. The molecule has 9 heteroatoms. The normalized spacial score (nSPS) is 11.6. The molecule has 30 heavy (non-hydrogen) atoms. The fourth-order valence-electron chi connectivity index (χ4n) is 2.75. The van der Waals surface area contributed by atoms with Crippen molar-refractivity contribution < 1.29 is 4.79 Å². The van der Waals surface area contributed by atoms with Gasteiger partial charge in [0.1, 0.15) is 0 Å². The number of anilines is 1. The number of halogens is 2. The first-order valence-corrected chi connectivity index (χ1v) is 11.1. The number of nitrogens with zero attached hydrogens (tertiary/aromatic N) is 4. The molecule has 1 N–H and O–H groups in total. The van der Waals surface area contributed by atoms with Gasteiger partial charge >= 0.3 is 0 Å². The van der Waals surface area contributed by atoms with Crippen LogP contribution in [0.25, 0.3) is 11.4 Å². The Morgan fingerprint density at radius 2 is 1.83 bits per heavy atom. The zero-order valence-electron chi connectivity index (χ0n) is 17.5. The zero-order valence-corrected chi connectivity index (χ0v) is 19.8. The van der Waals surface area contributed by atoms with Gasteiger partial charge in [-0.1, -0.05) is 80.0 Å². The second-order valence-electron chi connectivity index (χ2n) is 7.92. The van der Waals surface area contributed by atoms with Crippen LogP contribution in [0.15, 0.2) is 35.6 Å². The monoisotopic (exact) mass is 463 g/mol. The Bertz CT molecular complexity index is 1070. The van der Waals surface area contributed by atoms with Gasteiger partial charge in [-0.15, -0.1) is 10.2 Å². The molecule has 0 unspecified atom stereocenters. The summed E-state index contributed by atoms with van der Waals surface area (Å²) in [6.45, 7) is 8.31. The van der Waals surface area contributed by atoms with Gasteiger partial charge in [0.05, 0.1) is 15.8 Å². The highest BCUT2D eigenvalue weighted by Gasteiger charge is 2.17. The van der Waals surface area contributed by atoms with Gasteiger partial charge in [0.2, 0.25) is 5.91 Å². The molecule has 1 aromatic carbocycles. The number of thioether (sulfide) groups is 1. The summed E-state index contributed by atoms with van der Waals surface area (Å²) in [7, 11) is 1.88. The molecule has 0 aliphatic heterocycles. The summed E-state index contributed by atoms with van der Waals surface area (Å²) >= 11 is 13.5. The van der Waals surface area contributed by atoms with E-state index < -0.39 is 0 Å². The first-order chi connectivity index (χ1) is 14.1. The molecule has 0 spiro atoms. The van der Waals surface area contributed by atoms with Gasteiger partial charge in [-0.2, -0.15) is 0 Å². The number of benzene rings is 1. The maximum absolute atomic E-state index is 12.3. The number of rotatable bonds is 5. The van der Waals surface area contributed by atoms with Crippen LogP contribution >= 0.6 is 35.0 Å². The van der Waals surface area contributed by atoms with Crippen LogP contribution in [0.4, 0.5) is 5.82 Å². The topological polar surface area (TPSA) is 72.7 Å². The minimum Gasteiger partial charge on any atom is -0.309 e. The first kappa shape index (κ1) is 22.6. The van der Waals surface area contributed by atoms with Gasteiger partial charge in [-0.3, -0.25) is 4.79 Å². The molecule has 0 bridgehead atoms. The Morgan fingerprint density at radius 3 is 2.47 bits per heavy atom. The number of aromatic nitrogens is 4. The van der Waals surface area contributed by atoms with E-state index in [4.69, 9.17) is 23.2 Å². The molecule has 0 atom stereocenters. The number of carbonyl (C=O) groups excluding carboxylic acids is 1. The van der Waals surface area contributed by atoms with Crippen LogP contribution in [0.1, 0.15) is 31.9 Å². The first-order valence-electron chi connectivity index (χ1n) is 9.31. The van der Waals surface area contributed by atoms with E-state index >= 15 is 0 Å². The fraction of sp³-hybridized carbons (Fsp3) is 0.333. The summed E-state index contributed by atoms with van der Waals surface area (Å²) in [5.41, 5.74) is 2.99. The zero-order chi connectivity index (χ0) is 22.1. The van der Waals surface area contributed by atoms with Crippen LogP contribution in [0.2, 0.25) is 10.0 Å². The molecule has 0 saturated heterocycles. The van der Waals surface area contributed by atoms with Crippen LogP contribution in [0.3, 0.4) is 0 Å². The van der Waals surface area contributed by atoms with Crippen molar-refractivity contribution >= 4 is 46.7 Å². The number of carbonyl (C=O) groups is 1.